The van der Waals surface area contributed by atoms with Crippen LogP contribution in [-0.4, -0.2) is 42.1 Å². The van der Waals surface area contributed by atoms with E-state index in [9.17, 15) is 0 Å². The number of aromatic nitrogens is 2. The van der Waals surface area contributed by atoms with Crippen molar-refractivity contribution < 1.29 is 9.47 Å². The van der Waals surface area contributed by atoms with E-state index in [0.29, 0.717) is 13.2 Å². The number of ether oxygens (including phenoxy) is 2. The summed E-state index contributed by atoms with van der Waals surface area (Å²) < 4.78 is 11.6. The van der Waals surface area contributed by atoms with Gasteiger partial charge in [-0.3, -0.25) is 0 Å². The van der Waals surface area contributed by atoms with E-state index >= 15 is 0 Å². The first kappa shape index (κ1) is 15.4. The zero-order valence-electron chi connectivity index (χ0n) is 13.9. The molecule has 0 unspecified atom stereocenters. The van der Waals surface area contributed by atoms with Crippen LogP contribution < -0.4 is 10.2 Å². The zero-order chi connectivity index (χ0) is 16.4. The van der Waals surface area contributed by atoms with Crippen molar-refractivity contribution in [3.63, 3.8) is 0 Å². The maximum atomic E-state index is 5.79. The second-order valence-corrected chi connectivity index (χ2v) is 6.30. The van der Waals surface area contributed by atoms with Gasteiger partial charge in [0.25, 0.3) is 0 Å². The molecule has 1 aromatic carbocycles. The van der Waals surface area contributed by atoms with E-state index < -0.39 is 0 Å². The first-order chi connectivity index (χ1) is 11.7. The Balaban J connectivity index is 1.46. The molecule has 0 bridgehead atoms. The summed E-state index contributed by atoms with van der Waals surface area (Å²) in [7, 11) is 0. The molecule has 6 nitrogen and oxygen atoms in total. The van der Waals surface area contributed by atoms with Gasteiger partial charge in [-0.1, -0.05) is 18.2 Å². The van der Waals surface area contributed by atoms with Crippen LogP contribution in [-0.2, 0) is 9.47 Å². The minimum atomic E-state index is -0.355. The minimum absolute atomic E-state index is 0.355. The number of anilines is 3. The van der Waals surface area contributed by atoms with Gasteiger partial charge in [0.1, 0.15) is 18.0 Å². The third-order valence-corrected chi connectivity index (χ3v) is 4.72. The van der Waals surface area contributed by atoms with Crippen molar-refractivity contribution in [1.29, 1.82) is 0 Å². The molecule has 24 heavy (non-hydrogen) atoms. The van der Waals surface area contributed by atoms with Gasteiger partial charge in [0.05, 0.1) is 13.2 Å². The van der Waals surface area contributed by atoms with Crippen molar-refractivity contribution in [2.75, 3.05) is 36.5 Å². The molecule has 2 aliphatic heterocycles. The number of hydrogen-bond donors (Lipinski definition) is 1. The van der Waals surface area contributed by atoms with Crippen LogP contribution in [0.15, 0.2) is 36.7 Å². The fraction of sp³-hybridized carbons (Fsp3) is 0.444. The predicted octanol–water partition coefficient (Wildman–Crippen LogP) is 2.87. The molecule has 0 atom stereocenters. The van der Waals surface area contributed by atoms with Gasteiger partial charge in [-0.25, -0.2) is 9.97 Å². The molecule has 6 heteroatoms. The summed E-state index contributed by atoms with van der Waals surface area (Å²) >= 11 is 0. The van der Waals surface area contributed by atoms with Crippen LogP contribution in [0, 0.1) is 6.92 Å². The van der Waals surface area contributed by atoms with Crippen LogP contribution in [0.1, 0.15) is 18.4 Å². The van der Waals surface area contributed by atoms with E-state index in [0.717, 1.165) is 43.3 Å². The quantitative estimate of drug-likeness (QED) is 0.936. The fourth-order valence-corrected chi connectivity index (χ4v) is 3.30. The van der Waals surface area contributed by atoms with Gasteiger partial charge in [0, 0.05) is 37.7 Å². The molecule has 126 valence electrons. The van der Waals surface area contributed by atoms with Gasteiger partial charge in [-0.15, -0.1) is 0 Å². The van der Waals surface area contributed by atoms with E-state index in [4.69, 9.17) is 9.47 Å². The molecular weight excluding hydrogens is 304 g/mol. The van der Waals surface area contributed by atoms with Crippen molar-refractivity contribution >= 4 is 17.3 Å². The van der Waals surface area contributed by atoms with E-state index in [-0.39, 0.29) is 5.79 Å². The van der Waals surface area contributed by atoms with Crippen molar-refractivity contribution in [2.45, 2.75) is 25.6 Å². The highest BCUT2D eigenvalue weighted by Gasteiger charge is 2.40. The maximum absolute atomic E-state index is 5.79. The molecule has 1 aromatic heterocycles. The van der Waals surface area contributed by atoms with Crippen molar-refractivity contribution in [3.8, 4) is 0 Å². The van der Waals surface area contributed by atoms with E-state index in [1.165, 1.54) is 5.56 Å². The summed E-state index contributed by atoms with van der Waals surface area (Å²) in [5, 5.41) is 3.37. The van der Waals surface area contributed by atoms with Crippen LogP contribution >= 0.6 is 0 Å². The van der Waals surface area contributed by atoms with Gasteiger partial charge in [0.2, 0.25) is 0 Å². The van der Waals surface area contributed by atoms with Crippen LogP contribution in [0.25, 0.3) is 0 Å². The Labute approximate surface area is 141 Å². The normalized spacial score (nSPS) is 19.6. The lowest BCUT2D eigenvalue weighted by Gasteiger charge is -2.38. The fourth-order valence-electron chi connectivity index (χ4n) is 3.30. The minimum Gasteiger partial charge on any atom is -0.356 e. The highest BCUT2D eigenvalue weighted by Crippen LogP contribution is 2.33. The Bertz CT molecular complexity index is 706. The SMILES string of the molecule is Cc1ccccc1Nc1cc(N2CCC3(CC2)OCCO3)ncn1. The maximum Gasteiger partial charge on any atom is 0.171 e. The summed E-state index contributed by atoms with van der Waals surface area (Å²) in [6.45, 7) is 5.24. The summed E-state index contributed by atoms with van der Waals surface area (Å²) in [4.78, 5) is 11.0. The molecule has 4 rings (SSSR count). The number of rotatable bonds is 3. The smallest absolute Gasteiger partial charge is 0.171 e. The molecule has 0 radical (unpaired) electrons. The van der Waals surface area contributed by atoms with Gasteiger partial charge >= 0.3 is 0 Å². The molecule has 2 saturated heterocycles. The number of nitrogens with one attached hydrogen (secondary N) is 1. The first-order valence-electron chi connectivity index (χ1n) is 8.42. The summed E-state index contributed by atoms with van der Waals surface area (Å²) in [5.74, 6) is 1.39. The number of nitrogens with zero attached hydrogens (tertiary/aromatic N) is 3. The van der Waals surface area contributed by atoms with Crippen molar-refractivity contribution in [1.82, 2.24) is 9.97 Å². The molecule has 0 amide bonds. The number of hydrogen-bond acceptors (Lipinski definition) is 6. The highest BCUT2D eigenvalue weighted by molar-refractivity contribution is 5.62. The summed E-state index contributed by atoms with van der Waals surface area (Å²) in [6, 6.07) is 10.2. The number of aryl methyl sites for hydroxylation is 1. The summed E-state index contributed by atoms with van der Waals surface area (Å²) in [6.07, 6.45) is 3.36. The largest absolute Gasteiger partial charge is 0.356 e. The first-order valence-corrected chi connectivity index (χ1v) is 8.42. The van der Waals surface area contributed by atoms with Crippen LogP contribution in [0.3, 0.4) is 0 Å². The molecule has 2 aromatic rings. The summed E-state index contributed by atoms with van der Waals surface area (Å²) in [5.41, 5.74) is 2.25. The van der Waals surface area contributed by atoms with Crippen molar-refractivity contribution in [2.24, 2.45) is 0 Å². The lowest BCUT2D eigenvalue weighted by atomic mass is 10.0. The average Bonchev–Trinajstić information content (AvgIpc) is 3.06. The number of piperidine rings is 1. The lowest BCUT2D eigenvalue weighted by molar-refractivity contribution is -0.169. The molecule has 2 fully saturated rings. The van der Waals surface area contributed by atoms with Crippen LogP contribution in [0.4, 0.5) is 17.3 Å². The highest BCUT2D eigenvalue weighted by atomic mass is 16.7. The topological polar surface area (TPSA) is 59.5 Å². The molecular formula is C18H22N4O2. The Kier molecular flexibility index (Phi) is 4.08. The molecule has 2 aliphatic rings. The van der Waals surface area contributed by atoms with Gasteiger partial charge in [-0.05, 0) is 18.6 Å². The number of benzene rings is 1. The Morgan fingerprint density at radius 3 is 2.58 bits per heavy atom. The lowest BCUT2D eigenvalue weighted by Crippen LogP contribution is -2.45. The molecule has 3 heterocycles. The standard InChI is InChI=1S/C18H22N4O2/c1-14-4-2-3-5-15(14)21-16-12-17(20-13-19-16)22-8-6-18(7-9-22)23-10-11-24-18/h2-5,12-13H,6-11H2,1H3,(H,19,20,21). The second-order valence-electron chi connectivity index (χ2n) is 6.30. The Morgan fingerprint density at radius 2 is 1.83 bits per heavy atom. The van der Waals surface area contributed by atoms with Crippen LogP contribution in [0.2, 0.25) is 0 Å². The Hall–Kier alpha value is -2.18. The number of para-hydroxylation sites is 1. The molecule has 0 aliphatic carbocycles. The third-order valence-electron chi connectivity index (χ3n) is 4.72. The molecule has 0 saturated carbocycles. The monoisotopic (exact) mass is 326 g/mol. The van der Waals surface area contributed by atoms with Crippen molar-refractivity contribution in [3.05, 3.63) is 42.2 Å². The molecule has 1 spiro atoms. The third kappa shape index (κ3) is 3.07. The Morgan fingerprint density at radius 1 is 1.08 bits per heavy atom. The van der Waals surface area contributed by atoms with Gasteiger partial charge < -0.3 is 19.7 Å². The molecule has 1 N–H and O–H groups in total. The van der Waals surface area contributed by atoms with Gasteiger partial charge in [-0.2, -0.15) is 0 Å². The van der Waals surface area contributed by atoms with Gasteiger partial charge in [0.15, 0.2) is 5.79 Å². The van der Waals surface area contributed by atoms with Crippen LogP contribution in [0.5, 0.6) is 0 Å². The predicted molar refractivity (Wildman–Crippen MR) is 92.6 cm³/mol. The zero-order valence-corrected chi connectivity index (χ0v) is 13.9. The van der Waals surface area contributed by atoms with E-state index in [2.05, 4.69) is 39.2 Å². The second kappa shape index (κ2) is 6.37. The van der Waals surface area contributed by atoms with E-state index in [1.807, 2.05) is 18.2 Å². The van der Waals surface area contributed by atoms with E-state index in [1.54, 1.807) is 6.33 Å². The average molecular weight is 326 g/mol.